The molecule has 1 saturated heterocycles. The molecule has 0 saturated carbocycles. The van der Waals surface area contributed by atoms with Gasteiger partial charge in [-0.1, -0.05) is 0 Å². The van der Waals surface area contributed by atoms with Crippen molar-refractivity contribution >= 4 is 5.91 Å². The zero-order chi connectivity index (χ0) is 13.9. The van der Waals surface area contributed by atoms with E-state index in [-0.39, 0.29) is 11.8 Å². The van der Waals surface area contributed by atoms with Crippen LogP contribution < -0.4 is 11.1 Å². The van der Waals surface area contributed by atoms with Crippen molar-refractivity contribution in [2.24, 2.45) is 11.7 Å². The van der Waals surface area contributed by atoms with Gasteiger partial charge in [0, 0.05) is 19.0 Å². The number of nitrogens with zero attached hydrogens (tertiary/aromatic N) is 1. The monoisotopic (exact) mass is 273 g/mol. The van der Waals surface area contributed by atoms with Crippen molar-refractivity contribution in [2.75, 3.05) is 59.7 Å². The Morgan fingerprint density at radius 3 is 2.47 bits per heavy atom. The number of hydrogen-bond donors (Lipinski definition) is 2. The lowest BCUT2D eigenvalue weighted by atomic mass is 9.96. The second kappa shape index (κ2) is 10.1. The predicted molar refractivity (Wildman–Crippen MR) is 73.9 cm³/mol. The van der Waals surface area contributed by atoms with Crippen LogP contribution in [0.5, 0.6) is 0 Å². The van der Waals surface area contributed by atoms with Crippen LogP contribution in [0.15, 0.2) is 0 Å². The Bertz CT molecular complexity index is 243. The summed E-state index contributed by atoms with van der Waals surface area (Å²) in [6.07, 6.45) is 1.91. The number of piperidine rings is 1. The van der Waals surface area contributed by atoms with Crippen molar-refractivity contribution in [3.8, 4) is 0 Å². The summed E-state index contributed by atoms with van der Waals surface area (Å²) in [6.45, 7) is 5.32. The fourth-order valence-electron chi connectivity index (χ4n) is 2.07. The molecular formula is C13H27N3O3. The molecule has 6 heteroatoms. The number of nitrogens with two attached hydrogens (primary N) is 1. The van der Waals surface area contributed by atoms with Crippen LogP contribution in [0, 0.1) is 5.92 Å². The lowest BCUT2D eigenvalue weighted by molar-refractivity contribution is -0.126. The molecule has 1 fully saturated rings. The van der Waals surface area contributed by atoms with Crippen LogP contribution in [0.25, 0.3) is 0 Å². The number of likely N-dealkylation sites (tertiary alicyclic amines) is 1. The lowest BCUT2D eigenvalue weighted by Gasteiger charge is -2.28. The summed E-state index contributed by atoms with van der Waals surface area (Å²) < 4.78 is 10.5. The average molecular weight is 273 g/mol. The normalized spacial score (nSPS) is 17.6. The molecule has 112 valence electrons. The Kier molecular flexibility index (Phi) is 8.73. The second-order valence-corrected chi connectivity index (χ2v) is 4.88. The van der Waals surface area contributed by atoms with E-state index in [1.54, 1.807) is 0 Å². The van der Waals surface area contributed by atoms with E-state index in [1.807, 2.05) is 0 Å². The van der Waals surface area contributed by atoms with E-state index in [2.05, 4.69) is 17.3 Å². The molecule has 6 nitrogen and oxygen atoms in total. The minimum atomic E-state index is 0.163. The van der Waals surface area contributed by atoms with Gasteiger partial charge in [-0.15, -0.1) is 0 Å². The second-order valence-electron chi connectivity index (χ2n) is 4.88. The first kappa shape index (κ1) is 16.4. The van der Waals surface area contributed by atoms with Gasteiger partial charge in [-0.25, -0.2) is 0 Å². The molecule has 0 spiro atoms. The van der Waals surface area contributed by atoms with Crippen LogP contribution in [0.1, 0.15) is 12.8 Å². The first-order valence-corrected chi connectivity index (χ1v) is 7.06. The molecular weight excluding hydrogens is 246 g/mol. The molecule has 0 atom stereocenters. The van der Waals surface area contributed by atoms with E-state index >= 15 is 0 Å². The number of ether oxygens (including phenoxy) is 2. The fraction of sp³-hybridized carbons (Fsp3) is 0.923. The van der Waals surface area contributed by atoms with Crippen molar-refractivity contribution in [1.82, 2.24) is 10.2 Å². The third kappa shape index (κ3) is 7.47. The van der Waals surface area contributed by atoms with Crippen molar-refractivity contribution in [3.63, 3.8) is 0 Å². The van der Waals surface area contributed by atoms with Crippen molar-refractivity contribution in [1.29, 1.82) is 0 Å². The Morgan fingerprint density at radius 1 is 1.21 bits per heavy atom. The fourth-order valence-corrected chi connectivity index (χ4v) is 2.07. The number of carbonyl (C=O) groups excluding carboxylic acids is 1. The standard InChI is InChI=1S/C13H27N3O3/c1-16-6-2-12(3-7-16)13(17)15-5-9-19-11-10-18-8-4-14/h12H,2-11,14H2,1H3,(H,15,17). The number of nitrogens with one attached hydrogen (secondary N) is 1. The van der Waals surface area contributed by atoms with Gasteiger partial charge in [-0.05, 0) is 33.0 Å². The maximum absolute atomic E-state index is 11.9. The van der Waals surface area contributed by atoms with Gasteiger partial charge in [0.25, 0.3) is 0 Å². The van der Waals surface area contributed by atoms with E-state index in [1.165, 1.54) is 0 Å². The Morgan fingerprint density at radius 2 is 1.84 bits per heavy atom. The highest BCUT2D eigenvalue weighted by Gasteiger charge is 2.22. The molecule has 0 aromatic carbocycles. The first-order chi connectivity index (χ1) is 9.24. The highest BCUT2D eigenvalue weighted by atomic mass is 16.5. The summed E-state index contributed by atoms with van der Waals surface area (Å²) in [5, 5.41) is 2.93. The van der Waals surface area contributed by atoms with E-state index in [9.17, 15) is 4.79 Å². The number of carbonyl (C=O) groups is 1. The maximum Gasteiger partial charge on any atom is 0.223 e. The molecule has 0 aromatic heterocycles. The number of rotatable bonds is 9. The van der Waals surface area contributed by atoms with Crippen LogP contribution in [0.3, 0.4) is 0 Å². The third-order valence-corrected chi connectivity index (χ3v) is 3.27. The molecule has 1 heterocycles. The lowest BCUT2D eigenvalue weighted by Crippen LogP contribution is -2.40. The van der Waals surface area contributed by atoms with Crippen LogP contribution >= 0.6 is 0 Å². The minimum absolute atomic E-state index is 0.163. The average Bonchev–Trinajstić information content (AvgIpc) is 2.42. The smallest absolute Gasteiger partial charge is 0.223 e. The Hall–Kier alpha value is -0.690. The zero-order valence-electron chi connectivity index (χ0n) is 11.9. The van der Waals surface area contributed by atoms with Crippen LogP contribution in [0.4, 0.5) is 0 Å². The van der Waals surface area contributed by atoms with Gasteiger partial charge in [-0.2, -0.15) is 0 Å². The van der Waals surface area contributed by atoms with E-state index in [0.717, 1.165) is 25.9 Å². The van der Waals surface area contributed by atoms with E-state index in [4.69, 9.17) is 15.2 Å². The van der Waals surface area contributed by atoms with Gasteiger partial charge in [0.05, 0.1) is 26.4 Å². The summed E-state index contributed by atoms with van der Waals surface area (Å²) in [6, 6.07) is 0. The highest BCUT2D eigenvalue weighted by Crippen LogP contribution is 2.15. The van der Waals surface area contributed by atoms with Crippen LogP contribution in [-0.2, 0) is 14.3 Å². The maximum atomic E-state index is 11.9. The largest absolute Gasteiger partial charge is 0.378 e. The zero-order valence-corrected chi connectivity index (χ0v) is 11.9. The van der Waals surface area contributed by atoms with Crippen molar-refractivity contribution < 1.29 is 14.3 Å². The number of amides is 1. The van der Waals surface area contributed by atoms with E-state index < -0.39 is 0 Å². The summed E-state index contributed by atoms with van der Waals surface area (Å²) >= 11 is 0. The molecule has 1 amide bonds. The molecule has 0 aromatic rings. The Balaban J connectivity index is 1.93. The molecule has 1 rings (SSSR count). The topological polar surface area (TPSA) is 76.8 Å². The molecule has 0 unspecified atom stereocenters. The number of hydrogen-bond acceptors (Lipinski definition) is 5. The molecule has 1 aliphatic heterocycles. The van der Waals surface area contributed by atoms with Gasteiger partial charge >= 0.3 is 0 Å². The Labute approximate surface area is 115 Å². The predicted octanol–water partition coefficient (Wildman–Crippen LogP) is -0.564. The van der Waals surface area contributed by atoms with E-state index in [0.29, 0.717) is 39.5 Å². The first-order valence-electron chi connectivity index (χ1n) is 7.06. The molecule has 19 heavy (non-hydrogen) atoms. The summed E-state index contributed by atoms with van der Waals surface area (Å²) in [7, 11) is 2.09. The van der Waals surface area contributed by atoms with Gasteiger partial charge in [0.1, 0.15) is 0 Å². The summed E-state index contributed by atoms with van der Waals surface area (Å²) in [5.41, 5.74) is 5.29. The molecule has 3 N–H and O–H groups in total. The van der Waals surface area contributed by atoms with Crippen LogP contribution in [-0.4, -0.2) is 70.5 Å². The minimum Gasteiger partial charge on any atom is -0.378 e. The molecule has 1 aliphatic rings. The highest BCUT2D eigenvalue weighted by molar-refractivity contribution is 5.78. The molecule has 0 bridgehead atoms. The third-order valence-electron chi connectivity index (χ3n) is 3.27. The quantitative estimate of drug-likeness (QED) is 0.551. The van der Waals surface area contributed by atoms with Crippen LogP contribution in [0.2, 0.25) is 0 Å². The van der Waals surface area contributed by atoms with Crippen molar-refractivity contribution in [2.45, 2.75) is 12.8 Å². The van der Waals surface area contributed by atoms with Gasteiger partial charge < -0.3 is 25.4 Å². The molecule has 0 radical (unpaired) electrons. The molecule has 0 aliphatic carbocycles. The summed E-state index contributed by atoms with van der Waals surface area (Å²) in [4.78, 5) is 14.1. The van der Waals surface area contributed by atoms with Gasteiger partial charge in [0.2, 0.25) is 5.91 Å². The SMILES string of the molecule is CN1CCC(C(=O)NCCOCCOCCN)CC1. The summed E-state index contributed by atoms with van der Waals surface area (Å²) in [5.74, 6) is 0.333. The van der Waals surface area contributed by atoms with Gasteiger partial charge in [-0.3, -0.25) is 4.79 Å². The van der Waals surface area contributed by atoms with Gasteiger partial charge in [0.15, 0.2) is 0 Å². The van der Waals surface area contributed by atoms with Crippen molar-refractivity contribution in [3.05, 3.63) is 0 Å².